The Bertz CT molecular complexity index is 908. The minimum absolute atomic E-state index is 0.0854. The van der Waals surface area contributed by atoms with Crippen molar-refractivity contribution in [1.29, 1.82) is 0 Å². The monoisotopic (exact) mass is 298 g/mol. The van der Waals surface area contributed by atoms with E-state index in [2.05, 4.69) is 9.72 Å². The topological polar surface area (TPSA) is 74.3 Å². The zero-order valence-electron chi connectivity index (χ0n) is 12.2. The van der Waals surface area contributed by atoms with Crippen LogP contribution < -0.4 is 5.56 Å². The molecule has 6 heteroatoms. The number of oxazole rings is 1. The van der Waals surface area contributed by atoms with Gasteiger partial charge in [0.2, 0.25) is 5.89 Å². The number of carbonyl (C=O) groups excluding carboxylic acids is 1. The summed E-state index contributed by atoms with van der Waals surface area (Å²) in [6.07, 6.45) is 2.90. The van der Waals surface area contributed by atoms with Gasteiger partial charge in [0.15, 0.2) is 5.69 Å². The van der Waals surface area contributed by atoms with Gasteiger partial charge < -0.3 is 13.7 Å². The molecule has 0 N–H and O–H groups in total. The van der Waals surface area contributed by atoms with Crippen LogP contribution in [0.2, 0.25) is 0 Å². The molecule has 0 unspecified atom stereocenters. The second-order valence-electron chi connectivity index (χ2n) is 4.96. The lowest BCUT2D eigenvalue weighted by Crippen LogP contribution is -2.20. The number of benzene rings is 1. The van der Waals surface area contributed by atoms with Crippen molar-refractivity contribution in [1.82, 2.24) is 9.55 Å². The molecule has 0 atom stereocenters. The zero-order valence-corrected chi connectivity index (χ0v) is 12.2. The first-order valence-corrected chi connectivity index (χ1v) is 6.71. The molecule has 2 heterocycles. The molecule has 3 aromatic rings. The van der Waals surface area contributed by atoms with Crippen molar-refractivity contribution in [2.75, 3.05) is 7.11 Å². The van der Waals surface area contributed by atoms with Crippen molar-refractivity contribution < 1.29 is 13.9 Å². The number of methoxy groups -OCH3 is 1. The van der Waals surface area contributed by atoms with Gasteiger partial charge in [-0.1, -0.05) is 17.7 Å². The standard InChI is InChI=1S/C16H14N2O4/c1-10-3-4-11-5-6-18(15(19)12(11)7-10)8-14-17-13(9-22-14)16(20)21-2/h3-7,9H,8H2,1-2H3. The van der Waals surface area contributed by atoms with Gasteiger partial charge in [-0.2, -0.15) is 0 Å². The SMILES string of the molecule is COC(=O)c1coc(Cn2ccc3ccc(C)cc3c2=O)n1. The number of hydrogen-bond acceptors (Lipinski definition) is 5. The van der Waals surface area contributed by atoms with E-state index in [0.29, 0.717) is 5.39 Å². The molecule has 1 aromatic carbocycles. The summed E-state index contributed by atoms with van der Waals surface area (Å²) < 4.78 is 11.3. The molecule has 0 saturated heterocycles. The van der Waals surface area contributed by atoms with Crippen LogP contribution in [-0.4, -0.2) is 22.6 Å². The lowest BCUT2D eigenvalue weighted by molar-refractivity contribution is 0.0594. The predicted molar refractivity (Wildman–Crippen MR) is 79.9 cm³/mol. The highest BCUT2D eigenvalue weighted by atomic mass is 16.5. The summed E-state index contributed by atoms with van der Waals surface area (Å²) in [7, 11) is 1.27. The molecular weight excluding hydrogens is 284 g/mol. The summed E-state index contributed by atoms with van der Waals surface area (Å²) in [5.41, 5.74) is 0.979. The van der Waals surface area contributed by atoms with Gasteiger partial charge in [0.05, 0.1) is 7.11 Å². The van der Waals surface area contributed by atoms with Crippen LogP contribution in [0.25, 0.3) is 10.8 Å². The molecule has 0 amide bonds. The number of carbonyl (C=O) groups is 1. The van der Waals surface area contributed by atoms with E-state index in [1.54, 1.807) is 6.20 Å². The van der Waals surface area contributed by atoms with Crippen molar-refractivity contribution in [2.24, 2.45) is 0 Å². The Morgan fingerprint density at radius 2 is 2.18 bits per heavy atom. The number of aromatic nitrogens is 2. The predicted octanol–water partition coefficient (Wildman–Crippen LogP) is 2.13. The lowest BCUT2D eigenvalue weighted by atomic mass is 10.1. The van der Waals surface area contributed by atoms with E-state index < -0.39 is 5.97 Å². The van der Waals surface area contributed by atoms with Crippen LogP contribution in [0.15, 0.2) is 45.9 Å². The van der Waals surface area contributed by atoms with E-state index in [1.165, 1.54) is 17.9 Å². The summed E-state index contributed by atoms with van der Waals surface area (Å²) in [5, 5.41) is 1.52. The smallest absolute Gasteiger partial charge is 0.360 e. The molecule has 0 radical (unpaired) electrons. The summed E-state index contributed by atoms with van der Waals surface area (Å²) in [6, 6.07) is 7.59. The maximum absolute atomic E-state index is 12.5. The molecule has 2 aromatic heterocycles. The summed E-state index contributed by atoms with van der Waals surface area (Å²) in [5.74, 6) is -0.300. The van der Waals surface area contributed by atoms with Crippen molar-refractivity contribution in [3.8, 4) is 0 Å². The Morgan fingerprint density at radius 3 is 2.95 bits per heavy atom. The molecule has 0 aliphatic carbocycles. The van der Waals surface area contributed by atoms with Gasteiger partial charge in [0.25, 0.3) is 5.56 Å². The largest absolute Gasteiger partial charge is 0.464 e. The normalized spacial score (nSPS) is 10.8. The third-order valence-electron chi connectivity index (χ3n) is 3.39. The minimum Gasteiger partial charge on any atom is -0.464 e. The first-order chi connectivity index (χ1) is 10.6. The second kappa shape index (κ2) is 5.48. The van der Waals surface area contributed by atoms with E-state index in [1.807, 2.05) is 31.2 Å². The second-order valence-corrected chi connectivity index (χ2v) is 4.96. The number of nitrogens with zero attached hydrogens (tertiary/aromatic N) is 2. The number of aryl methyl sites for hydroxylation is 1. The number of fused-ring (bicyclic) bond motifs is 1. The van der Waals surface area contributed by atoms with Crippen LogP contribution in [0.4, 0.5) is 0 Å². The quantitative estimate of drug-likeness (QED) is 0.692. The fourth-order valence-electron chi connectivity index (χ4n) is 2.25. The van der Waals surface area contributed by atoms with E-state index in [0.717, 1.165) is 10.9 Å². The highest BCUT2D eigenvalue weighted by Crippen LogP contribution is 2.12. The molecule has 3 rings (SSSR count). The Labute approximate surface area is 126 Å². The first kappa shape index (κ1) is 14.1. The van der Waals surface area contributed by atoms with Crippen molar-refractivity contribution >= 4 is 16.7 Å². The van der Waals surface area contributed by atoms with Crippen molar-refractivity contribution in [3.05, 3.63) is 64.2 Å². The molecule has 0 bridgehead atoms. The Balaban J connectivity index is 1.97. The van der Waals surface area contributed by atoms with Crippen LogP contribution >= 0.6 is 0 Å². The van der Waals surface area contributed by atoms with Gasteiger partial charge in [-0.25, -0.2) is 9.78 Å². The highest BCUT2D eigenvalue weighted by Gasteiger charge is 2.13. The summed E-state index contributed by atoms with van der Waals surface area (Å²) in [4.78, 5) is 27.8. The maximum atomic E-state index is 12.5. The fourth-order valence-corrected chi connectivity index (χ4v) is 2.25. The van der Waals surface area contributed by atoms with Crippen LogP contribution in [0, 0.1) is 6.92 Å². The molecule has 112 valence electrons. The molecular formula is C16H14N2O4. The van der Waals surface area contributed by atoms with Gasteiger partial charge in [-0.15, -0.1) is 0 Å². The van der Waals surface area contributed by atoms with Crippen LogP contribution in [-0.2, 0) is 11.3 Å². The van der Waals surface area contributed by atoms with Crippen molar-refractivity contribution in [2.45, 2.75) is 13.5 Å². The number of esters is 1. The number of ether oxygens (including phenoxy) is 1. The Hall–Kier alpha value is -2.89. The minimum atomic E-state index is -0.573. The average Bonchev–Trinajstić information content (AvgIpc) is 2.98. The van der Waals surface area contributed by atoms with Crippen LogP contribution in [0.5, 0.6) is 0 Å². The third-order valence-corrected chi connectivity index (χ3v) is 3.39. The van der Waals surface area contributed by atoms with Gasteiger partial charge in [0, 0.05) is 11.6 Å². The van der Waals surface area contributed by atoms with Gasteiger partial charge in [0.1, 0.15) is 12.8 Å². The van der Waals surface area contributed by atoms with E-state index in [9.17, 15) is 9.59 Å². The van der Waals surface area contributed by atoms with Crippen LogP contribution in [0.1, 0.15) is 21.9 Å². The molecule has 0 fully saturated rings. The summed E-state index contributed by atoms with van der Waals surface area (Å²) >= 11 is 0. The number of hydrogen-bond donors (Lipinski definition) is 0. The molecule has 0 aliphatic rings. The fraction of sp³-hybridized carbons (Fsp3) is 0.188. The Morgan fingerprint density at radius 1 is 1.36 bits per heavy atom. The zero-order chi connectivity index (χ0) is 15.7. The van der Waals surface area contributed by atoms with Gasteiger partial charge in [-0.3, -0.25) is 4.79 Å². The lowest BCUT2D eigenvalue weighted by Gasteiger charge is -2.05. The molecule has 0 aliphatic heterocycles. The number of rotatable bonds is 3. The molecule has 6 nitrogen and oxygen atoms in total. The number of pyridine rings is 1. The molecule has 22 heavy (non-hydrogen) atoms. The van der Waals surface area contributed by atoms with Gasteiger partial charge in [-0.05, 0) is 24.4 Å². The third kappa shape index (κ3) is 2.50. The van der Waals surface area contributed by atoms with E-state index >= 15 is 0 Å². The van der Waals surface area contributed by atoms with E-state index in [-0.39, 0.29) is 23.7 Å². The van der Waals surface area contributed by atoms with Crippen LogP contribution in [0.3, 0.4) is 0 Å². The van der Waals surface area contributed by atoms with E-state index in [4.69, 9.17) is 4.42 Å². The van der Waals surface area contributed by atoms with Gasteiger partial charge >= 0.3 is 5.97 Å². The average molecular weight is 298 g/mol. The highest BCUT2D eigenvalue weighted by molar-refractivity contribution is 5.86. The Kier molecular flexibility index (Phi) is 3.50. The summed E-state index contributed by atoms with van der Waals surface area (Å²) in [6.45, 7) is 2.09. The molecule has 0 saturated carbocycles. The maximum Gasteiger partial charge on any atom is 0.360 e. The first-order valence-electron chi connectivity index (χ1n) is 6.71. The van der Waals surface area contributed by atoms with Crippen molar-refractivity contribution in [3.63, 3.8) is 0 Å². The molecule has 0 spiro atoms.